The summed E-state index contributed by atoms with van der Waals surface area (Å²) in [4.78, 5) is 4.31. The lowest BCUT2D eigenvalue weighted by molar-refractivity contribution is 0.220. The number of ether oxygens (including phenoxy) is 2. The molecule has 0 aliphatic carbocycles. The summed E-state index contributed by atoms with van der Waals surface area (Å²) >= 11 is 0. The second-order valence-electron chi connectivity index (χ2n) is 4.03. The van der Waals surface area contributed by atoms with Gasteiger partial charge in [0.25, 0.3) is 0 Å². The maximum Gasteiger partial charge on any atom is 0.130 e. The van der Waals surface area contributed by atoms with Crippen molar-refractivity contribution in [3.05, 3.63) is 30.5 Å². The highest BCUT2D eigenvalue weighted by atomic mass is 16.5. The van der Waals surface area contributed by atoms with Crippen molar-refractivity contribution >= 4 is 10.9 Å². The van der Waals surface area contributed by atoms with Crippen LogP contribution in [0.15, 0.2) is 30.5 Å². The van der Waals surface area contributed by atoms with Crippen LogP contribution in [0.4, 0.5) is 0 Å². The van der Waals surface area contributed by atoms with Crippen molar-refractivity contribution in [1.82, 2.24) is 4.98 Å². The van der Waals surface area contributed by atoms with Gasteiger partial charge in [0, 0.05) is 11.6 Å². The predicted octanol–water partition coefficient (Wildman–Crippen LogP) is 3.42. The zero-order valence-corrected chi connectivity index (χ0v) is 10.4. The monoisotopic (exact) mass is 231 g/mol. The van der Waals surface area contributed by atoms with E-state index in [1.807, 2.05) is 24.3 Å². The number of hydrogen-bond acceptors (Lipinski definition) is 3. The number of benzene rings is 1. The molecular weight excluding hydrogens is 214 g/mol. The van der Waals surface area contributed by atoms with Gasteiger partial charge >= 0.3 is 0 Å². The molecule has 1 aromatic heterocycles. The minimum Gasteiger partial charge on any atom is -0.497 e. The third-order valence-electron chi connectivity index (χ3n) is 2.81. The topological polar surface area (TPSA) is 31.4 Å². The Hall–Kier alpha value is -1.77. The van der Waals surface area contributed by atoms with E-state index in [9.17, 15) is 0 Å². The van der Waals surface area contributed by atoms with Gasteiger partial charge in [-0.25, -0.2) is 0 Å². The molecule has 2 aromatic rings. The van der Waals surface area contributed by atoms with Gasteiger partial charge in [0.05, 0.1) is 18.7 Å². The van der Waals surface area contributed by atoms with Crippen molar-refractivity contribution < 1.29 is 9.47 Å². The molecular formula is C14H17NO2. The number of aromatic nitrogens is 1. The Morgan fingerprint density at radius 1 is 1.29 bits per heavy atom. The van der Waals surface area contributed by atoms with Gasteiger partial charge in [-0.1, -0.05) is 6.92 Å². The first-order chi connectivity index (χ1) is 8.24. The van der Waals surface area contributed by atoms with Gasteiger partial charge in [-0.15, -0.1) is 0 Å². The minimum absolute atomic E-state index is 0.201. The van der Waals surface area contributed by atoms with Crippen LogP contribution in [0.3, 0.4) is 0 Å². The van der Waals surface area contributed by atoms with Gasteiger partial charge in [0.1, 0.15) is 11.5 Å². The molecule has 0 radical (unpaired) electrons. The predicted molar refractivity (Wildman–Crippen MR) is 68.7 cm³/mol. The van der Waals surface area contributed by atoms with Crippen molar-refractivity contribution in [3.8, 4) is 11.5 Å². The number of pyridine rings is 1. The van der Waals surface area contributed by atoms with Crippen LogP contribution in [0.1, 0.15) is 20.3 Å². The summed E-state index contributed by atoms with van der Waals surface area (Å²) in [7, 11) is 1.66. The second-order valence-corrected chi connectivity index (χ2v) is 4.03. The Kier molecular flexibility index (Phi) is 3.47. The highest BCUT2D eigenvalue weighted by Gasteiger charge is 2.07. The molecule has 0 saturated carbocycles. The molecule has 0 bridgehead atoms. The molecule has 0 N–H and O–H groups in total. The Bertz CT molecular complexity index is 511. The number of nitrogens with zero attached hydrogens (tertiary/aromatic N) is 1. The van der Waals surface area contributed by atoms with Gasteiger partial charge in [-0.2, -0.15) is 0 Å². The average Bonchev–Trinajstić information content (AvgIpc) is 2.38. The normalized spacial score (nSPS) is 12.4. The van der Waals surface area contributed by atoms with E-state index in [1.54, 1.807) is 13.3 Å². The number of rotatable bonds is 4. The number of methoxy groups -OCH3 is 1. The highest BCUT2D eigenvalue weighted by molar-refractivity contribution is 5.86. The zero-order valence-electron chi connectivity index (χ0n) is 10.4. The van der Waals surface area contributed by atoms with Crippen LogP contribution < -0.4 is 9.47 Å². The summed E-state index contributed by atoms with van der Waals surface area (Å²) in [5.41, 5.74) is 0.923. The van der Waals surface area contributed by atoms with Crippen LogP contribution in [0.25, 0.3) is 10.9 Å². The fraction of sp³-hybridized carbons (Fsp3) is 0.357. The Morgan fingerprint density at radius 2 is 2.12 bits per heavy atom. The first kappa shape index (κ1) is 11.7. The van der Waals surface area contributed by atoms with Crippen molar-refractivity contribution in [2.45, 2.75) is 26.4 Å². The zero-order chi connectivity index (χ0) is 12.3. The van der Waals surface area contributed by atoms with Crippen molar-refractivity contribution in [3.63, 3.8) is 0 Å². The quantitative estimate of drug-likeness (QED) is 0.808. The summed E-state index contributed by atoms with van der Waals surface area (Å²) in [6, 6.07) is 7.70. The molecule has 3 nitrogen and oxygen atoms in total. The van der Waals surface area contributed by atoms with E-state index in [4.69, 9.17) is 9.47 Å². The summed E-state index contributed by atoms with van der Waals surface area (Å²) in [6.07, 6.45) is 2.95. The SMILES string of the molecule is CCC(C)Oc1ccnc2ccc(OC)cc12. The van der Waals surface area contributed by atoms with E-state index in [0.29, 0.717) is 0 Å². The van der Waals surface area contributed by atoms with Crippen LogP contribution in [-0.4, -0.2) is 18.2 Å². The Labute approximate surface area is 101 Å². The second kappa shape index (κ2) is 5.04. The lowest BCUT2D eigenvalue weighted by Crippen LogP contribution is -2.10. The Balaban J connectivity index is 2.46. The average molecular weight is 231 g/mol. The van der Waals surface area contributed by atoms with E-state index in [1.165, 1.54) is 0 Å². The first-order valence-corrected chi connectivity index (χ1v) is 5.84. The third-order valence-corrected chi connectivity index (χ3v) is 2.81. The van der Waals surface area contributed by atoms with Gasteiger partial charge in [-0.3, -0.25) is 4.98 Å². The molecule has 1 aromatic carbocycles. The molecule has 0 aliphatic rings. The minimum atomic E-state index is 0.201. The van der Waals surface area contributed by atoms with E-state index in [-0.39, 0.29) is 6.10 Å². The van der Waals surface area contributed by atoms with E-state index in [2.05, 4.69) is 18.8 Å². The molecule has 0 aliphatic heterocycles. The van der Waals surface area contributed by atoms with Crippen molar-refractivity contribution in [1.29, 1.82) is 0 Å². The molecule has 2 rings (SSSR count). The van der Waals surface area contributed by atoms with Crippen molar-refractivity contribution in [2.75, 3.05) is 7.11 Å². The van der Waals surface area contributed by atoms with Crippen LogP contribution in [0, 0.1) is 0 Å². The van der Waals surface area contributed by atoms with Crippen LogP contribution in [0.2, 0.25) is 0 Å². The molecule has 90 valence electrons. The molecule has 1 heterocycles. The van der Waals surface area contributed by atoms with Crippen LogP contribution >= 0.6 is 0 Å². The summed E-state index contributed by atoms with van der Waals surface area (Å²) in [5, 5.41) is 0.993. The van der Waals surface area contributed by atoms with Crippen molar-refractivity contribution in [2.24, 2.45) is 0 Å². The summed E-state index contributed by atoms with van der Waals surface area (Å²) < 4.78 is 11.1. The van der Waals surface area contributed by atoms with Gasteiger partial charge in [-0.05, 0) is 37.6 Å². The standard InChI is InChI=1S/C14H17NO2/c1-4-10(2)17-14-7-8-15-13-6-5-11(16-3)9-12(13)14/h5-10H,4H2,1-3H3. The summed E-state index contributed by atoms with van der Waals surface area (Å²) in [6.45, 7) is 4.17. The fourth-order valence-corrected chi connectivity index (χ4v) is 1.63. The van der Waals surface area contributed by atoms with Crippen LogP contribution in [-0.2, 0) is 0 Å². The fourth-order valence-electron chi connectivity index (χ4n) is 1.63. The smallest absolute Gasteiger partial charge is 0.130 e. The maximum atomic E-state index is 5.88. The van der Waals surface area contributed by atoms with Crippen LogP contribution in [0.5, 0.6) is 11.5 Å². The molecule has 3 heteroatoms. The molecule has 0 spiro atoms. The largest absolute Gasteiger partial charge is 0.497 e. The highest BCUT2D eigenvalue weighted by Crippen LogP contribution is 2.28. The first-order valence-electron chi connectivity index (χ1n) is 5.84. The third kappa shape index (κ3) is 2.49. The lowest BCUT2D eigenvalue weighted by atomic mass is 10.2. The maximum absolute atomic E-state index is 5.88. The molecule has 1 unspecified atom stereocenters. The molecule has 17 heavy (non-hydrogen) atoms. The molecule has 0 amide bonds. The lowest BCUT2D eigenvalue weighted by Gasteiger charge is -2.14. The summed E-state index contributed by atoms with van der Waals surface area (Å²) in [5.74, 6) is 1.68. The number of fused-ring (bicyclic) bond motifs is 1. The van der Waals surface area contributed by atoms with E-state index in [0.717, 1.165) is 28.8 Å². The van der Waals surface area contributed by atoms with E-state index < -0.39 is 0 Å². The molecule has 0 saturated heterocycles. The van der Waals surface area contributed by atoms with Gasteiger partial charge in [0.2, 0.25) is 0 Å². The Morgan fingerprint density at radius 3 is 2.82 bits per heavy atom. The molecule has 0 fully saturated rings. The molecule has 1 atom stereocenters. The van der Waals surface area contributed by atoms with Gasteiger partial charge in [0.15, 0.2) is 0 Å². The van der Waals surface area contributed by atoms with E-state index >= 15 is 0 Å². The number of hydrogen-bond donors (Lipinski definition) is 0. The van der Waals surface area contributed by atoms with Gasteiger partial charge < -0.3 is 9.47 Å².